The summed E-state index contributed by atoms with van der Waals surface area (Å²) in [7, 11) is 0. The van der Waals surface area contributed by atoms with E-state index in [4.69, 9.17) is 0 Å². The van der Waals surface area contributed by atoms with Crippen molar-refractivity contribution in [1.82, 2.24) is 5.32 Å². The van der Waals surface area contributed by atoms with Gasteiger partial charge in [-0.05, 0) is 24.3 Å². The fourth-order valence-electron chi connectivity index (χ4n) is 1.90. The lowest BCUT2D eigenvalue weighted by atomic mass is 9.85. The first-order valence-electron chi connectivity index (χ1n) is 6.74. The molecule has 0 radical (unpaired) electrons. The Bertz CT molecular complexity index is 368. The molecule has 100 valence electrons. The van der Waals surface area contributed by atoms with E-state index < -0.39 is 0 Å². The molecule has 2 heteroatoms. The maximum atomic E-state index is 12.1. The normalized spacial score (nSPS) is 11.6. The number of rotatable bonds is 6. The van der Waals surface area contributed by atoms with E-state index in [9.17, 15) is 4.79 Å². The highest BCUT2D eigenvalue weighted by molar-refractivity contribution is 5.82. The van der Waals surface area contributed by atoms with Crippen molar-refractivity contribution in [3.05, 3.63) is 35.9 Å². The smallest absolute Gasteiger partial charge is 0.225 e. The second-order valence-corrected chi connectivity index (χ2v) is 5.98. The van der Waals surface area contributed by atoms with Crippen molar-refractivity contribution in [2.24, 2.45) is 11.3 Å². The third kappa shape index (κ3) is 4.91. The average molecular weight is 247 g/mol. The summed E-state index contributed by atoms with van der Waals surface area (Å²) < 4.78 is 0. The van der Waals surface area contributed by atoms with Gasteiger partial charge < -0.3 is 5.32 Å². The second-order valence-electron chi connectivity index (χ2n) is 5.98. The van der Waals surface area contributed by atoms with Crippen LogP contribution >= 0.6 is 0 Å². The van der Waals surface area contributed by atoms with E-state index in [2.05, 4.69) is 31.3 Å². The van der Waals surface area contributed by atoms with Gasteiger partial charge in [-0.15, -0.1) is 0 Å². The van der Waals surface area contributed by atoms with Crippen LogP contribution in [0.4, 0.5) is 0 Å². The molecule has 1 amide bonds. The maximum Gasteiger partial charge on any atom is 0.225 e. The molecule has 0 saturated carbocycles. The van der Waals surface area contributed by atoms with Gasteiger partial charge in [0, 0.05) is 12.0 Å². The van der Waals surface area contributed by atoms with Gasteiger partial charge in [0.05, 0.1) is 0 Å². The third-order valence-corrected chi connectivity index (χ3v) is 3.11. The van der Waals surface area contributed by atoms with Crippen LogP contribution in [-0.4, -0.2) is 12.5 Å². The monoisotopic (exact) mass is 247 g/mol. The van der Waals surface area contributed by atoms with E-state index in [-0.39, 0.29) is 11.3 Å². The number of benzene rings is 1. The Labute approximate surface area is 111 Å². The molecular formula is C16H25NO. The Kier molecular flexibility index (Phi) is 5.39. The average Bonchev–Trinajstić information content (AvgIpc) is 2.29. The van der Waals surface area contributed by atoms with Gasteiger partial charge in [-0.2, -0.15) is 0 Å². The van der Waals surface area contributed by atoms with Crippen LogP contribution in [0.25, 0.3) is 0 Å². The molecule has 0 aliphatic heterocycles. The lowest BCUT2D eigenvalue weighted by Gasteiger charge is -2.24. The molecule has 18 heavy (non-hydrogen) atoms. The first-order valence-corrected chi connectivity index (χ1v) is 6.74. The molecule has 1 rings (SSSR count). The van der Waals surface area contributed by atoms with E-state index in [0.717, 1.165) is 19.4 Å². The predicted molar refractivity (Wildman–Crippen MR) is 76.4 cm³/mol. The molecule has 0 saturated heterocycles. The molecule has 0 aliphatic rings. The van der Waals surface area contributed by atoms with Crippen molar-refractivity contribution < 1.29 is 4.79 Å². The van der Waals surface area contributed by atoms with Crippen LogP contribution in [0.2, 0.25) is 0 Å². The summed E-state index contributed by atoms with van der Waals surface area (Å²) in [5.74, 6) is 0.773. The summed E-state index contributed by atoms with van der Waals surface area (Å²) in [6, 6.07) is 10.2. The fourth-order valence-corrected chi connectivity index (χ4v) is 1.90. The van der Waals surface area contributed by atoms with Crippen LogP contribution in [0.1, 0.15) is 39.7 Å². The molecule has 0 aliphatic carbocycles. The van der Waals surface area contributed by atoms with Gasteiger partial charge in [-0.25, -0.2) is 0 Å². The Balaban J connectivity index is 2.49. The Hall–Kier alpha value is -1.31. The Morgan fingerprint density at radius 3 is 2.39 bits per heavy atom. The molecule has 0 fully saturated rings. The molecule has 0 bridgehead atoms. The van der Waals surface area contributed by atoms with Crippen molar-refractivity contribution in [3.63, 3.8) is 0 Å². The zero-order valence-electron chi connectivity index (χ0n) is 12.0. The van der Waals surface area contributed by atoms with E-state index in [0.29, 0.717) is 5.92 Å². The third-order valence-electron chi connectivity index (χ3n) is 3.11. The molecular weight excluding hydrogens is 222 g/mol. The van der Waals surface area contributed by atoms with Gasteiger partial charge in [0.1, 0.15) is 0 Å². The highest BCUT2D eigenvalue weighted by Crippen LogP contribution is 2.22. The summed E-state index contributed by atoms with van der Waals surface area (Å²) in [5.41, 5.74) is 0.861. The van der Waals surface area contributed by atoms with E-state index in [1.54, 1.807) is 0 Å². The van der Waals surface area contributed by atoms with Gasteiger partial charge in [-0.1, -0.05) is 58.0 Å². The van der Waals surface area contributed by atoms with Crippen molar-refractivity contribution in [2.45, 2.75) is 40.5 Å². The highest BCUT2D eigenvalue weighted by atomic mass is 16.2. The molecule has 1 aromatic carbocycles. The first-order chi connectivity index (χ1) is 8.42. The van der Waals surface area contributed by atoms with Crippen LogP contribution in [0, 0.1) is 11.3 Å². The molecule has 0 spiro atoms. The number of carbonyl (C=O) groups excluding carboxylic acids is 1. The van der Waals surface area contributed by atoms with E-state index >= 15 is 0 Å². The zero-order chi connectivity index (χ0) is 13.6. The molecule has 0 heterocycles. The minimum atomic E-state index is -0.349. The lowest BCUT2D eigenvalue weighted by molar-refractivity contribution is -0.129. The number of hydrogen-bond donors (Lipinski definition) is 1. The SMILES string of the molecule is CC(C)CCNC(=O)C(C)(C)Cc1ccccc1. The quantitative estimate of drug-likeness (QED) is 0.820. The summed E-state index contributed by atoms with van der Waals surface area (Å²) >= 11 is 0. The van der Waals surface area contributed by atoms with Crippen LogP contribution in [-0.2, 0) is 11.2 Å². The van der Waals surface area contributed by atoms with Crippen molar-refractivity contribution in [1.29, 1.82) is 0 Å². The number of amides is 1. The topological polar surface area (TPSA) is 29.1 Å². The summed E-state index contributed by atoms with van der Waals surface area (Å²) in [6.07, 6.45) is 1.81. The second kappa shape index (κ2) is 6.58. The number of hydrogen-bond acceptors (Lipinski definition) is 1. The minimum absolute atomic E-state index is 0.145. The summed E-state index contributed by atoms with van der Waals surface area (Å²) in [6.45, 7) is 9.12. The molecule has 2 nitrogen and oxygen atoms in total. The zero-order valence-corrected chi connectivity index (χ0v) is 12.0. The van der Waals surface area contributed by atoms with Crippen molar-refractivity contribution >= 4 is 5.91 Å². The van der Waals surface area contributed by atoms with Crippen molar-refractivity contribution in [3.8, 4) is 0 Å². The molecule has 0 atom stereocenters. The van der Waals surface area contributed by atoms with Crippen LogP contribution < -0.4 is 5.32 Å². The van der Waals surface area contributed by atoms with Crippen molar-refractivity contribution in [2.75, 3.05) is 6.54 Å². The summed E-state index contributed by atoms with van der Waals surface area (Å²) in [4.78, 5) is 12.1. The predicted octanol–water partition coefficient (Wildman–Crippen LogP) is 3.42. The van der Waals surface area contributed by atoms with Gasteiger partial charge in [0.2, 0.25) is 5.91 Å². The molecule has 0 aromatic heterocycles. The summed E-state index contributed by atoms with van der Waals surface area (Å²) in [5, 5.41) is 3.04. The lowest BCUT2D eigenvalue weighted by Crippen LogP contribution is -2.39. The minimum Gasteiger partial charge on any atom is -0.356 e. The Morgan fingerprint density at radius 1 is 1.22 bits per heavy atom. The highest BCUT2D eigenvalue weighted by Gasteiger charge is 2.27. The Morgan fingerprint density at radius 2 is 1.83 bits per heavy atom. The largest absolute Gasteiger partial charge is 0.356 e. The maximum absolute atomic E-state index is 12.1. The van der Waals surface area contributed by atoms with E-state index in [1.807, 2.05) is 32.0 Å². The van der Waals surface area contributed by atoms with Gasteiger partial charge in [0.25, 0.3) is 0 Å². The fraction of sp³-hybridized carbons (Fsp3) is 0.562. The van der Waals surface area contributed by atoms with Gasteiger partial charge in [0.15, 0.2) is 0 Å². The standard InChI is InChI=1S/C16H25NO/c1-13(2)10-11-17-15(18)16(3,4)12-14-8-6-5-7-9-14/h5-9,13H,10-12H2,1-4H3,(H,17,18). The molecule has 1 aromatic rings. The number of carbonyl (C=O) groups is 1. The van der Waals surface area contributed by atoms with Crippen LogP contribution in [0.15, 0.2) is 30.3 Å². The van der Waals surface area contributed by atoms with E-state index in [1.165, 1.54) is 5.56 Å². The van der Waals surface area contributed by atoms with Gasteiger partial charge >= 0.3 is 0 Å². The first kappa shape index (κ1) is 14.7. The molecule has 0 unspecified atom stereocenters. The number of nitrogens with one attached hydrogen (secondary N) is 1. The van der Waals surface area contributed by atoms with Crippen LogP contribution in [0.3, 0.4) is 0 Å². The van der Waals surface area contributed by atoms with Crippen LogP contribution in [0.5, 0.6) is 0 Å². The van der Waals surface area contributed by atoms with Gasteiger partial charge in [-0.3, -0.25) is 4.79 Å². The molecule has 1 N–H and O–H groups in total.